The van der Waals surface area contributed by atoms with Crippen molar-refractivity contribution in [2.75, 3.05) is 5.73 Å². The first-order valence-electron chi connectivity index (χ1n) is 9.12. The molecule has 0 bridgehead atoms. The molecule has 0 atom stereocenters. The molecule has 0 spiro atoms. The van der Waals surface area contributed by atoms with Crippen molar-refractivity contribution in [3.8, 4) is 17.1 Å². The fraction of sp³-hybridized carbons (Fsp3) is 0.300. The lowest BCUT2D eigenvalue weighted by atomic mass is 9.72. The highest BCUT2D eigenvalue weighted by molar-refractivity contribution is 5.99. The molecule has 0 saturated heterocycles. The van der Waals surface area contributed by atoms with E-state index in [0.717, 1.165) is 11.1 Å². The standard InChI is InChI=1S/C20H18F3N5O2/c1-19(2)8-11-9-25-18(24)26-15(11)17-14(19)16(27-28-17)13(29)7-10-3-5-12(6-4-10)30-20(21,22)23/h3-6,9H,7-8H2,1-2H3,(H,27,28)(H2,24,25,26). The van der Waals surface area contributed by atoms with Gasteiger partial charge in [0, 0.05) is 18.2 Å². The zero-order chi connectivity index (χ0) is 21.7. The number of halogens is 3. The third-order valence-electron chi connectivity index (χ3n) is 4.98. The van der Waals surface area contributed by atoms with Gasteiger partial charge in [-0.15, -0.1) is 13.2 Å². The maximum Gasteiger partial charge on any atom is 0.573 e. The first kappa shape index (κ1) is 19.9. The molecule has 10 heteroatoms. The van der Waals surface area contributed by atoms with Gasteiger partial charge < -0.3 is 10.5 Å². The van der Waals surface area contributed by atoms with Gasteiger partial charge in [0.2, 0.25) is 5.95 Å². The highest BCUT2D eigenvalue weighted by Crippen LogP contribution is 2.43. The molecular formula is C20H18F3N5O2. The number of nitrogens with zero attached hydrogens (tertiary/aromatic N) is 3. The first-order chi connectivity index (χ1) is 14.0. The SMILES string of the molecule is CC1(C)Cc2cnc(N)nc2-c2n[nH]c(C(=O)Cc3ccc(OC(F)(F)F)cc3)c21. The molecule has 0 radical (unpaired) electrons. The van der Waals surface area contributed by atoms with Crippen LogP contribution in [0.1, 0.15) is 41.0 Å². The topological polar surface area (TPSA) is 107 Å². The third kappa shape index (κ3) is 3.72. The van der Waals surface area contributed by atoms with E-state index in [4.69, 9.17) is 5.73 Å². The molecule has 0 fully saturated rings. The Morgan fingerprint density at radius 1 is 1.23 bits per heavy atom. The summed E-state index contributed by atoms with van der Waals surface area (Å²) in [5, 5.41) is 7.14. The second-order valence-electron chi connectivity index (χ2n) is 7.78. The van der Waals surface area contributed by atoms with Crippen LogP contribution in [0.2, 0.25) is 0 Å². The number of carbonyl (C=O) groups is 1. The first-order valence-corrected chi connectivity index (χ1v) is 9.12. The summed E-state index contributed by atoms with van der Waals surface area (Å²) in [6.07, 6.45) is -2.49. The number of nitrogen functional groups attached to an aromatic ring is 1. The number of benzene rings is 1. The van der Waals surface area contributed by atoms with Gasteiger partial charge in [-0.1, -0.05) is 26.0 Å². The number of H-pyrrole nitrogens is 1. The lowest BCUT2D eigenvalue weighted by Gasteiger charge is -2.30. The predicted molar refractivity (Wildman–Crippen MR) is 102 cm³/mol. The maximum atomic E-state index is 13.0. The summed E-state index contributed by atoms with van der Waals surface area (Å²) < 4.78 is 40.7. The van der Waals surface area contributed by atoms with Crippen LogP contribution in [0.4, 0.5) is 19.1 Å². The van der Waals surface area contributed by atoms with Crippen molar-refractivity contribution in [3.63, 3.8) is 0 Å². The quantitative estimate of drug-likeness (QED) is 0.628. The van der Waals surface area contributed by atoms with Gasteiger partial charge in [0.1, 0.15) is 17.1 Å². The Balaban J connectivity index is 1.63. The zero-order valence-electron chi connectivity index (χ0n) is 16.2. The Hall–Kier alpha value is -3.43. The number of aromatic nitrogens is 4. The average Bonchev–Trinajstić information content (AvgIpc) is 3.10. The maximum absolute atomic E-state index is 13.0. The molecule has 0 saturated carbocycles. The summed E-state index contributed by atoms with van der Waals surface area (Å²) in [7, 11) is 0. The molecule has 30 heavy (non-hydrogen) atoms. The Morgan fingerprint density at radius 2 is 1.93 bits per heavy atom. The highest BCUT2D eigenvalue weighted by Gasteiger charge is 2.38. The number of Topliss-reactive ketones (excluding diaryl/α,β-unsaturated/α-hetero) is 1. The van der Waals surface area contributed by atoms with E-state index in [2.05, 4.69) is 24.9 Å². The number of rotatable bonds is 4. The molecule has 7 nitrogen and oxygen atoms in total. The highest BCUT2D eigenvalue weighted by atomic mass is 19.4. The Morgan fingerprint density at radius 3 is 2.60 bits per heavy atom. The predicted octanol–water partition coefficient (Wildman–Crippen LogP) is 3.61. The van der Waals surface area contributed by atoms with Gasteiger partial charge in [-0.3, -0.25) is 9.89 Å². The second kappa shape index (κ2) is 6.82. The summed E-state index contributed by atoms with van der Waals surface area (Å²) in [6, 6.07) is 5.21. The fourth-order valence-corrected chi connectivity index (χ4v) is 3.78. The summed E-state index contributed by atoms with van der Waals surface area (Å²) in [4.78, 5) is 21.3. The number of anilines is 1. The number of fused-ring (bicyclic) bond motifs is 3. The molecule has 3 N–H and O–H groups in total. The number of carbonyl (C=O) groups excluding carboxylic acids is 1. The van der Waals surface area contributed by atoms with Gasteiger partial charge in [0.05, 0.1) is 5.69 Å². The van der Waals surface area contributed by atoms with Crippen LogP contribution in [0.3, 0.4) is 0 Å². The average molecular weight is 417 g/mol. The van der Waals surface area contributed by atoms with E-state index in [1.807, 2.05) is 13.8 Å². The second-order valence-corrected chi connectivity index (χ2v) is 7.78. The van der Waals surface area contributed by atoms with Crippen LogP contribution in [-0.4, -0.2) is 32.3 Å². The fourth-order valence-electron chi connectivity index (χ4n) is 3.78. The smallest absolute Gasteiger partial charge is 0.406 e. The van der Waals surface area contributed by atoms with Gasteiger partial charge in [0.15, 0.2) is 5.78 Å². The minimum atomic E-state index is -4.76. The molecule has 4 rings (SSSR count). The van der Waals surface area contributed by atoms with E-state index in [-0.39, 0.29) is 23.9 Å². The number of alkyl halides is 3. The lowest BCUT2D eigenvalue weighted by Crippen LogP contribution is -2.28. The molecular weight excluding hydrogens is 399 g/mol. The number of hydrogen-bond donors (Lipinski definition) is 2. The number of ether oxygens (including phenoxy) is 1. The monoisotopic (exact) mass is 417 g/mol. The molecule has 3 aromatic rings. The molecule has 2 aromatic heterocycles. The van der Waals surface area contributed by atoms with Gasteiger partial charge in [-0.2, -0.15) is 5.10 Å². The normalized spacial score (nSPS) is 14.7. The lowest BCUT2D eigenvalue weighted by molar-refractivity contribution is -0.274. The Labute approximate surface area is 169 Å². The number of aromatic amines is 1. The molecule has 0 aliphatic heterocycles. The van der Waals surface area contributed by atoms with Crippen LogP contribution >= 0.6 is 0 Å². The largest absolute Gasteiger partial charge is 0.573 e. The van der Waals surface area contributed by atoms with Crippen molar-refractivity contribution in [2.24, 2.45) is 0 Å². The molecule has 156 valence electrons. The molecule has 0 amide bonds. The van der Waals surface area contributed by atoms with Crippen molar-refractivity contribution < 1.29 is 22.7 Å². The molecule has 1 aliphatic carbocycles. The molecule has 1 aliphatic rings. The van der Waals surface area contributed by atoms with E-state index in [1.165, 1.54) is 24.3 Å². The van der Waals surface area contributed by atoms with Crippen LogP contribution in [0, 0.1) is 0 Å². The summed E-state index contributed by atoms with van der Waals surface area (Å²) in [5.74, 6) is -0.448. The minimum absolute atomic E-state index is 0.00419. The molecule has 2 heterocycles. The van der Waals surface area contributed by atoms with E-state index in [1.54, 1.807) is 6.20 Å². The van der Waals surface area contributed by atoms with Crippen molar-refractivity contribution in [2.45, 2.75) is 38.5 Å². The van der Waals surface area contributed by atoms with Crippen LogP contribution in [0.25, 0.3) is 11.4 Å². The van der Waals surface area contributed by atoms with Gasteiger partial charge in [0.25, 0.3) is 0 Å². The van der Waals surface area contributed by atoms with Gasteiger partial charge in [-0.25, -0.2) is 9.97 Å². The van der Waals surface area contributed by atoms with E-state index < -0.39 is 11.8 Å². The number of hydrogen-bond acceptors (Lipinski definition) is 6. The summed E-state index contributed by atoms with van der Waals surface area (Å²) in [5.41, 5.74) is 9.03. The van der Waals surface area contributed by atoms with Crippen molar-refractivity contribution in [1.29, 1.82) is 0 Å². The summed E-state index contributed by atoms with van der Waals surface area (Å²) >= 11 is 0. The van der Waals surface area contributed by atoms with Crippen LogP contribution in [-0.2, 0) is 18.3 Å². The zero-order valence-corrected chi connectivity index (χ0v) is 16.2. The number of nitrogens with one attached hydrogen (secondary N) is 1. The minimum Gasteiger partial charge on any atom is -0.406 e. The number of nitrogens with two attached hydrogens (primary N) is 1. The van der Waals surface area contributed by atoms with Gasteiger partial charge in [-0.05, 0) is 35.1 Å². The Kier molecular flexibility index (Phi) is 4.52. The van der Waals surface area contributed by atoms with Crippen molar-refractivity contribution >= 4 is 11.7 Å². The van der Waals surface area contributed by atoms with Crippen LogP contribution in [0.5, 0.6) is 5.75 Å². The van der Waals surface area contributed by atoms with Crippen LogP contribution in [0.15, 0.2) is 30.5 Å². The summed E-state index contributed by atoms with van der Waals surface area (Å²) in [6.45, 7) is 4.00. The number of ketones is 1. The molecule has 0 unspecified atom stereocenters. The van der Waals surface area contributed by atoms with Crippen molar-refractivity contribution in [1.82, 2.24) is 20.2 Å². The van der Waals surface area contributed by atoms with E-state index in [0.29, 0.717) is 29.1 Å². The third-order valence-corrected chi connectivity index (χ3v) is 4.98. The van der Waals surface area contributed by atoms with Crippen molar-refractivity contribution in [3.05, 3.63) is 52.8 Å². The molecule has 1 aromatic carbocycles. The van der Waals surface area contributed by atoms with Crippen LogP contribution < -0.4 is 10.5 Å². The van der Waals surface area contributed by atoms with E-state index >= 15 is 0 Å². The van der Waals surface area contributed by atoms with Gasteiger partial charge >= 0.3 is 6.36 Å². The Bertz CT molecular complexity index is 1120. The van der Waals surface area contributed by atoms with E-state index in [9.17, 15) is 18.0 Å².